The number of fused-ring (bicyclic) bond motifs is 1. The van der Waals surface area contributed by atoms with Gasteiger partial charge in [0, 0.05) is 43.7 Å². The molecule has 0 radical (unpaired) electrons. The fraction of sp³-hybridized carbons (Fsp3) is 0.565. The van der Waals surface area contributed by atoms with E-state index >= 15 is 0 Å². The van der Waals surface area contributed by atoms with E-state index in [9.17, 15) is 19.2 Å². The maximum atomic E-state index is 13.5. The molecule has 2 aromatic carbocycles. The lowest BCUT2D eigenvalue weighted by Crippen LogP contribution is -2.55. The predicted octanol–water partition coefficient (Wildman–Crippen LogP) is 5.80. The first-order chi connectivity index (χ1) is 29.2. The molecule has 4 N–H and O–H groups in total. The third-order valence-electron chi connectivity index (χ3n) is 13.7. The molecule has 2 atom stereocenters. The van der Waals surface area contributed by atoms with Crippen molar-refractivity contribution >= 4 is 46.8 Å². The lowest BCUT2D eigenvalue weighted by molar-refractivity contribution is -0.134. The van der Waals surface area contributed by atoms with E-state index in [1.54, 1.807) is 31.3 Å². The van der Waals surface area contributed by atoms with Gasteiger partial charge in [0.2, 0.25) is 23.7 Å². The quantitative estimate of drug-likeness (QED) is 0.155. The van der Waals surface area contributed by atoms with Gasteiger partial charge in [-0.1, -0.05) is 44.0 Å². The number of nitrogens with zero attached hydrogens (tertiary/aromatic N) is 5. The Balaban J connectivity index is 0.781. The molecular weight excluding hydrogens is 759 g/mol. The Labute approximate surface area is 353 Å². The normalized spacial score (nSPS) is 24.3. The van der Waals surface area contributed by atoms with Crippen LogP contribution < -0.4 is 35.8 Å². The molecule has 4 heterocycles. The van der Waals surface area contributed by atoms with Gasteiger partial charge in [0.05, 0.1) is 24.9 Å². The molecule has 320 valence electrons. The van der Waals surface area contributed by atoms with Gasteiger partial charge in [-0.3, -0.25) is 24.5 Å². The number of benzene rings is 2. The highest BCUT2D eigenvalue weighted by Gasteiger charge is 2.41. The summed E-state index contributed by atoms with van der Waals surface area (Å²) >= 11 is 0. The van der Waals surface area contributed by atoms with E-state index in [4.69, 9.17) is 9.72 Å². The van der Waals surface area contributed by atoms with Crippen molar-refractivity contribution in [2.45, 2.75) is 127 Å². The van der Waals surface area contributed by atoms with Crippen molar-refractivity contribution < 1.29 is 23.9 Å². The molecule has 4 amide bonds. The summed E-state index contributed by atoms with van der Waals surface area (Å²) < 4.78 is 5.75. The van der Waals surface area contributed by atoms with E-state index in [0.717, 1.165) is 94.6 Å². The van der Waals surface area contributed by atoms with Gasteiger partial charge in [-0.05, 0) is 119 Å². The zero-order valence-electron chi connectivity index (χ0n) is 35.4. The Bertz CT molecular complexity index is 2020. The fourth-order valence-electron chi connectivity index (χ4n) is 10.2. The van der Waals surface area contributed by atoms with Crippen LogP contribution in [0.5, 0.6) is 5.75 Å². The summed E-state index contributed by atoms with van der Waals surface area (Å²) in [5, 5.41) is 12.7. The Morgan fingerprint density at radius 1 is 0.917 bits per heavy atom. The molecule has 5 aliphatic rings. The van der Waals surface area contributed by atoms with Gasteiger partial charge in [0.15, 0.2) is 5.82 Å². The zero-order valence-corrected chi connectivity index (χ0v) is 35.4. The number of carbonyl (C=O) groups is 4. The van der Waals surface area contributed by atoms with Crippen molar-refractivity contribution in [3.05, 3.63) is 65.4 Å². The second-order valence-corrected chi connectivity index (χ2v) is 17.4. The van der Waals surface area contributed by atoms with E-state index in [-0.39, 0.29) is 47.7 Å². The van der Waals surface area contributed by atoms with Crippen molar-refractivity contribution in [2.24, 2.45) is 5.92 Å². The molecule has 14 nitrogen and oxygen atoms in total. The van der Waals surface area contributed by atoms with Gasteiger partial charge in [0.25, 0.3) is 5.91 Å². The van der Waals surface area contributed by atoms with Gasteiger partial charge in [-0.15, -0.1) is 0 Å². The molecule has 14 heteroatoms. The average molecular weight is 820 g/mol. The van der Waals surface area contributed by atoms with Crippen LogP contribution in [0.2, 0.25) is 0 Å². The molecule has 0 bridgehead atoms. The maximum absolute atomic E-state index is 13.5. The monoisotopic (exact) mass is 819 g/mol. The number of hydrogen-bond acceptors (Lipinski definition) is 11. The summed E-state index contributed by atoms with van der Waals surface area (Å²) in [7, 11) is 3.40. The molecule has 1 aromatic heterocycles. The molecule has 3 aromatic rings. The summed E-state index contributed by atoms with van der Waals surface area (Å²) in [5.41, 5.74) is 4.09. The summed E-state index contributed by atoms with van der Waals surface area (Å²) in [5.74, 6) is 1.73. The number of ether oxygens (including phenoxy) is 1. The molecule has 2 saturated heterocycles. The minimum atomic E-state index is -0.248. The number of aromatic nitrogens is 2. The van der Waals surface area contributed by atoms with Crippen LogP contribution in [0.25, 0.3) is 0 Å². The highest BCUT2D eigenvalue weighted by molar-refractivity contribution is 6.04. The van der Waals surface area contributed by atoms with Gasteiger partial charge in [0.1, 0.15) is 17.5 Å². The number of hydrogen-bond donors (Lipinski definition) is 4. The second kappa shape index (κ2) is 18.7. The highest BCUT2D eigenvalue weighted by Crippen LogP contribution is 2.40. The molecule has 3 aliphatic heterocycles. The van der Waals surface area contributed by atoms with Gasteiger partial charge >= 0.3 is 0 Å². The van der Waals surface area contributed by atoms with Crippen LogP contribution >= 0.6 is 0 Å². The average Bonchev–Trinajstić information content (AvgIpc) is 3.81. The van der Waals surface area contributed by atoms with E-state index in [2.05, 4.69) is 55.1 Å². The van der Waals surface area contributed by atoms with Crippen molar-refractivity contribution in [1.29, 1.82) is 0 Å². The summed E-state index contributed by atoms with van der Waals surface area (Å²) in [6, 6.07) is 14.4. The number of piperidine rings is 2. The number of anilines is 4. The van der Waals surface area contributed by atoms with Crippen LogP contribution in [0.15, 0.2) is 48.7 Å². The topological polar surface area (TPSA) is 161 Å². The van der Waals surface area contributed by atoms with Crippen molar-refractivity contribution in [3.8, 4) is 5.75 Å². The van der Waals surface area contributed by atoms with E-state index in [1.807, 2.05) is 24.3 Å². The standard InChI is InChI=1S/C46H61N9O5/c1-4-38-45(59)53(2)39-28-48-46(52-42(39)55(38)35-7-5-6-8-35)50-37-19-13-32(25-40(37)60-3)43(57)49-33-14-16-34(17-15-33)54-23-21-30(22-24-54)27-47-26-29-9-11-31(12-10-29)36-18-20-41(56)51-44(36)58/h9-13,19,25,28,30,33-36,38,47H,4-8,14-18,20-24,26-27H2,1-3H3,(H,49,57)(H,48,50,52)(H,51,56,58)/t33?,34?,36?,38-/m1/s1. The second-order valence-electron chi connectivity index (χ2n) is 17.4. The smallest absolute Gasteiger partial charge is 0.251 e. The number of likely N-dealkylation sites (tertiary alicyclic amines) is 1. The Morgan fingerprint density at radius 2 is 1.67 bits per heavy atom. The summed E-state index contributed by atoms with van der Waals surface area (Å²) in [6.45, 7) is 6.07. The number of methoxy groups -OCH3 is 1. The van der Waals surface area contributed by atoms with Crippen LogP contribution in [0.4, 0.5) is 23.1 Å². The Kier molecular flexibility index (Phi) is 13.0. The molecule has 1 unspecified atom stereocenters. The zero-order chi connectivity index (χ0) is 41.8. The fourth-order valence-corrected chi connectivity index (χ4v) is 10.2. The lowest BCUT2D eigenvalue weighted by atomic mass is 9.87. The SMILES string of the molecule is CC[C@@H]1C(=O)N(C)c2cnc(Nc3ccc(C(=O)NC4CCC(N5CCC(CNCc6ccc(C7CCC(=O)NC7=O)cc6)CC5)CC4)cc3OC)nc2N1C1CCCC1. The molecule has 8 rings (SSSR count). The van der Waals surface area contributed by atoms with Crippen LogP contribution in [-0.2, 0) is 20.9 Å². The highest BCUT2D eigenvalue weighted by atomic mass is 16.5. The van der Waals surface area contributed by atoms with E-state index in [0.29, 0.717) is 54.2 Å². The predicted molar refractivity (Wildman–Crippen MR) is 232 cm³/mol. The molecule has 2 aliphatic carbocycles. The number of imide groups is 1. The molecule has 4 fully saturated rings. The number of carbonyl (C=O) groups excluding carboxylic acids is 4. The first-order valence-electron chi connectivity index (χ1n) is 22.2. The Hall–Kier alpha value is -5.08. The minimum absolute atomic E-state index is 0.0812. The van der Waals surface area contributed by atoms with Crippen LogP contribution in [0.1, 0.15) is 118 Å². The first-order valence-corrected chi connectivity index (χ1v) is 22.2. The van der Waals surface area contributed by atoms with E-state index < -0.39 is 0 Å². The van der Waals surface area contributed by atoms with Crippen LogP contribution in [0.3, 0.4) is 0 Å². The summed E-state index contributed by atoms with van der Waals surface area (Å²) in [4.78, 5) is 66.6. The van der Waals surface area contributed by atoms with Crippen molar-refractivity contribution in [1.82, 2.24) is 30.8 Å². The number of rotatable bonds is 13. The first kappa shape index (κ1) is 41.6. The summed E-state index contributed by atoms with van der Waals surface area (Å²) in [6.07, 6.45) is 14.2. The van der Waals surface area contributed by atoms with Crippen LogP contribution in [-0.4, -0.2) is 96.5 Å². The Morgan fingerprint density at radius 3 is 2.37 bits per heavy atom. The lowest BCUT2D eigenvalue weighted by Gasteiger charge is -2.43. The largest absolute Gasteiger partial charge is 0.495 e. The van der Waals surface area contributed by atoms with E-state index in [1.165, 1.54) is 18.4 Å². The number of nitrogens with one attached hydrogen (secondary N) is 4. The third kappa shape index (κ3) is 9.14. The van der Waals surface area contributed by atoms with Crippen molar-refractivity contribution in [3.63, 3.8) is 0 Å². The molecule has 2 saturated carbocycles. The third-order valence-corrected chi connectivity index (χ3v) is 13.7. The minimum Gasteiger partial charge on any atom is -0.495 e. The van der Waals surface area contributed by atoms with Gasteiger partial charge in [-0.25, -0.2) is 4.98 Å². The molecule has 0 spiro atoms. The molecule has 60 heavy (non-hydrogen) atoms. The number of likely N-dealkylation sites (N-methyl/N-ethyl adjacent to an activating group) is 1. The van der Waals surface area contributed by atoms with Gasteiger partial charge in [-0.2, -0.15) is 4.98 Å². The van der Waals surface area contributed by atoms with Crippen LogP contribution in [0, 0.1) is 5.92 Å². The molecular formula is C46H61N9O5. The number of amides is 4. The maximum Gasteiger partial charge on any atom is 0.251 e. The van der Waals surface area contributed by atoms with Gasteiger partial charge < -0.3 is 35.4 Å². The van der Waals surface area contributed by atoms with Crippen molar-refractivity contribution in [2.75, 3.05) is 48.9 Å².